The summed E-state index contributed by atoms with van der Waals surface area (Å²) in [6, 6.07) is 15.1. The van der Waals surface area contributed by atoms with Gasteiger partial charge in [-0.3, -0.25) is 14.7 Å². The molecule has 6 nitrogen and oxygen atoms in total. The summed E-state index contributed by atoms with van der Waals surface area (Å²) in [4.78, 5) is 21.3. The molecule has 7 heteroatoms. The molecule has 1 aliphatic carbocycles. The molecule has 2 aromatic rings. The van der Waals surface area contributed by atoms with Gasteiger partial charge >= 0.3 is 0 Å². The number of benzene rings is 2. The number of carbonyl (C=O) groups excluding carboxylic acids is 1. The lowest BCUT2D eigenvalue weighted by atomic mass is 9.84. The molecule has 1 aliphatic heterocycles. The van der Waals surface area contributed by atoms with Gasteiger partial charge in [0.2, 0.25) is 5.91 Å². The average molecular weight is 550 g/mol. The second kappa shape index (κ2) is 11.8. The third-order valence-corrected chi connectivity index (χ3v) is 6.73. The fourth-order valence-electron chi connectivity index (χ4n) is 4.54. The van der Waals surface area contributed by atoms with Crippen molar-refractivity contribution >= 4 is 46.6 Å². The lowest BCUT2D eigenvalue weighted by molar-refractivity contribution is -0.139. The predicted molar refractivity (Wildman–Crippen MR) is 143 cm³/mol. The number of guanidine groups is 1. The number of amides is 1. The maximum Gasteiger partial charge on any atom is 0.225 e. The Kier molecular flexibility index (Phi) is 9.16. The number of halogens is 1. The SMILES string of the molecule is CN=C(NCCN1CCN(C(=O)C2CCC2)CC1)NC(C)c1cccc2ccccc12.I. The number of hydrogen-bond donors (Lipinski definition) is 2. The van der Waals surface area contributed by atoms with Crippen LogP contribution in [-0.4, -0.2) is 68.0 Å². The molecule has 32 heavy (non-hydrogen) atoms. The van der Waals surface area contributed by atoms with Crippen LogP contribution in [0.4, 0.5) is 0 Å². The van der Waals surface area contributed by atoms with Crippen LogP contribution in [0.3, 0.4) is 0 Å². The molecule has 0 aromatic heterocycles. The van der Waals surface area contributed by atoms with E-state index in [1.807, 2.05) is 7.05 Å². The van der Waals surface area contributed by atoms with Gasteiger partial charge in [0.25, 0.3) is 0 Å². The number of nitrogens with one attached hydrogen (secondary N) is 2. The van der Waals surface area contributed by atoms with Gasteiger partial charge in [0.1, 0.15) is 0 Å². The van der Waals surface area contributed by atoms with E-state index in [2.05, 4.69) is 74.8 Å². The van der Waals surface area contributed by atoms with E-state index in [-0.39, 0.29) is 30.0 Å². The van der Waals surface area contributed by atoms with Crippen molar-refractivity contribution in [2.75, 3.05) is 46.3 Å². The minimum absolute atomic E-state index is 0. The van der Waals surface area contributed by atoms with Gasteiger partial charge < -0.3 is 15.5 Å². The van der Waals surface area contributed by atoms with Crippen LogP contribution in [0, 0.1) is 5.92 Å². The van der Waals surface area contributed by atoms with Crippen molar-refractivity contribution < 1.29 is 4.79 Å². The molecule has 1 saturated carbocycles. The number of aliphatic imine (C=N–C) groups is 1. The lowest BCUT2D eigenvalue weighted by Crippen LogP contribution is -2.52. The lowest BCUT2D eigenvalue weighted by Gasteiger charge is -2.38. The van der Waals surface area contributed by atoms with Crippen molar-refractivity contribution in [3.05, 3.63) is 48.0 Å². The van der Waals surface area contributed by atoms with Crippen molar-refractivity contribution in [3.8, 4) is 0 Å². The Morgan fingerprint density at radius 1 is 1.09 bits per heavy atom. The van der Waals surface area contributed by atoms with E-state index in [1.54, 1.807) is 0 Å². The van der Waals surface area contributed by atoms with E-state index < -0.39 is 0 Å². The molecular formula is C25H36IN5O. The zero-order valence-electron chi connectivity index (χ0n) is 19.2. The van der Waals surface area contributed by atoms with Gasteiger partial charge in [-0.2, -0.15) is 0 Å². The Balaban J connectivity index is 0.00000289. The van der Waals surface area contributed by atoms with Gasteiger partial charge in [-0.25, -0.2) is 0 Å². The smallest absolute Gasteiger partial charge is 0.225 e. The van der Waals surface area contributed by atoms with Crippen LogP contribution in [0.5, 0.6) is 0 Å². The first-order valence-electron chi connectivity index (χ1n) is 11.6. The molecule has 2 aromatic carbocycles. The summed E-state index contributed by atoms with van der Waals surface area (Å²) in [5.74, 6) is 1.52. The molecule has 4 rings (SSSR count). The summed E-state index contributed by atoms with van der Waals surface area (Å²) < 4.78 is 0. The predicted octanol–water partition coefficient (Wildman–Crippen LogP) is 3.63. The summed E-state index contributed by atoms with van der Waals surface area (Å²) >= 11 is 0. The molecule has 2 N–H and O–H groups in total. The molecule has 1 saturated heterocycles. The van der Waals surface area contributed by atoms with Crippen LogP contribution in [0.2, 0.25) is 0 Å². The molecule has 0 spiro atoms. The summed E-state index contributed by atoms with van der Waals surface area (Å²) in [7, 11) is 1.82. The number of nitrogens with zero attached hydrogens (tertiary/aromatic N) is 3. The fraction of sp³-hybridized carbons (Fsp3) is 0.520. The van der Waals surface area contributed by atoms with Crippen LogP contribution < -0.4 is 10.6 Å². The van der Waals surface area contributed by atoms with Gasteiger partial charge in [-0.1, -0.05) is 48.9 Å². The summed E-state index contributed by atoms with van der Waals surface area (Å²) in [5, 5.41) is 9.51. The Morgan fingerprint density at radius 3 is 2.50 bits per heavy atom. The number of hydrogen-bond acceptors (Lipinski definition) is 3. The molecule has 174 valence electrons. The largest absolute Gasteiger partial charge is 0.355 e. The van der Waals surface area contributed by atoms with Gasteiger partial charge in [0.15, 0.2) is 5.96 Å². The second-order valence-corrected chi connectivity index (χ2v) is 8.73. The highest BCUT2D eigenvalue weighted by atomic mass is 127. The first kappa shape index (κ1) is 24.8. The zero-order chi connectivity index (χ0) is 21.6. The van der Waals surface area contributed by atoms with Gasteiger partial charge in [-0.05, 0) is 36.1 Å². The van der Waals surface area contributed by atoms with Crippen molar-refractivity contribution in [1.82, 2.24) is 20.4 Å². The highest BCUT2D eigenvalue weighted by Crippen LogP contribution is 2.28. The highest BCUT2D eigenvalue weighted by molar-refractivity contribution is 14.0. The van der Waals surface area contributed by atoms with Crippen LogP contribution in [-0.2, 0) is 4.79 Å². The maximum atomic E-state index is 12.4. The van der Waals surface area contributed by atoms with Crippen molar-refractivity contribution in [3.63, 3.8) is 0 Å². The van der Waals surface area contributed by atoms with E-state index >= 15 is 0 Å². The number of carbonyl (C=O) groups is 1. The molecule has 2 fully saturated rings. The van der Waals surface area contributed by atoms with Gasteiger partial charge in [-0.15, -0.1) is 24.0 Å². The Morgan fingerprint density at radius 2 is 1.81 bits per heavy atom. The minimum Gasteiger partial charge on any atom is -0.355 e. The standard InChI is InChI=1S/C25H35N5O.HI/c1-19(22-12-6-8-20-7-3-4-11-23(20)22)28-25(26-2)27-13-14-29-15-17-30(18-16-29)24(31)21-9-5-10-21;/h3-4,6-8,11-12,19,21H,5,9-10,13-18H2,1-2H3,(H2,26,27,28);1H. The Hall–Kier alpha value is -1.87. The van der Waals surface area contributed by atoms with Crippen molar-refractivity contribution in [1.29, 1.82) is 0 Å². The number of rotatable bonds is 6. The van der Waals surface area contributed by atoms with Gasteiger partial charge in [0.05, 0.1) is 6.04 Å². The van der Waals surface area contributed by atoms with Crippen LogP contribution >= 0.6 is 24.0 Å². The highest BCUT2D eigenvalue weighted by Gasteiger charge is 2.31. The van der Waals surface area contributed by atoms with Crippen LogP contribution in [0.25, 0.3) is 10.8 Å². The van der Waals surface area contributed by atoms with Crippen LogP contribution in [0.1, 0.15) is 37.8 Å². The monoisotopic (exact) mass is 549 g/mol. The summed E-state index contributed by atoms with van der Waals surface area (Å²) in [6.07, 6.45) is 3.40. The summed E-state index contributed by atoms with van der Waals surface area (Å²) in [5.41, 5.74) is 1.27. The third-order valence-electron chi connectivity index (χ3n) is 6.73. The molecular weight excluding hydrogens is 513 g/mol. The van der Waals surface area contributed by atoms with E-state index in [4.69, 9.17) is 0 Å². The third kappa shape index (κ3) is 5.92. The molecule has 1 heterocycles. The first-order chi connectivity index (χ1) is 15.2. The van der Waals surface area contributed by atoms with E-state index in [1.165, 1.54) is 22.8 Å². The van der Waals surface area contributed by atoms with E-state index in [9.17, 15) is 4.79 Å². The van der Waals surface area contributed by atoms with Crippen molar-refractivity contribution in [2.45, 2.75) is 32.2 Å². The number of fused-ring (bicyclic) bond motifs is 1. The Bertz CT molecular complexity index is 916. The Labute approximate surface area is 208 Å². The minimum atomic E-state index is 0. The molecule has 0 bridgehead atoms. The molecule has 0 radical (unpaired) electrons. The topological polar surface area (TPSA) is 60.0 Å². The molecule has 1 atom stereocenters. The normalized spacial score (nSPS) is 18.6. The maximum absolute atomic E-state index is 12.4. The summed E-state index contributed by atoms with van der Waals surface area (Å²) in [6.45, 7) is 7.60. The average Bonchev–Trinajstić information content (AvgIpc) is 2.77. The van der Waals surface area contributed by atoms with Crippen molar-refractivity contribution in [2.24, 2.45) is 10.9 Å². The van der Waals surface area contributed by atoms with Gasteiger partial charge in [0, 0.05) is 52.2 Å². The molecule has 2 aliphatic rings. The molecule has 1 amide bonds. The quantitative estimate of drug-likeness (QED) is 0.329. The number of piperazine rings is 1. The zero-order valence-corrected chi connectivity index (χ0v) is 21.5. The fourth-order valence-corrected chi connectivity index (χ4v) is 4.54. The van der Waals surface area contributed by atoms with Crippen LogP contribution in [0.15, 0.2) is 47.5 Å². The second-order valence-electron chi connectivity index (χ2n) is 8.73. The van der Waals surface area contributed by atoms with E-state index in [0.717, 1.165) is 58.1 Å². The molecule has 1 unspecified atom stereocenters. The van der Waals surface area contributed by atoms with E-state index in [0.29, 0.717) is 11.8 Å². The first-order valence-corrected chi connectivity index (χ1v) is 11.6.